The molecule has 1 aromatic carbocycles. The molecule has 0 spiro atoms. The highest BCUT2D eigenvalue weighted by molar-refractivity contribution is 5.95. The van der Waals surface area contributed by atoms with Crippen molar-refractivity contribution in [3.8, 4) is 5.75 Å². The first kappa shape index (κ1) is 16.3. The quantitative estimate of drug-likeness (QED) is 0.846. The number of rotatable bonds is 6. The third-order valence-electron chi connectivity index (χ3n) is 3.18. The maximum atomic E-state index is 13.5. The van der Waals surface area contributed by atoms with Crippen LogP contribution in [0.5, 0.6) is 5.75 Å². The summed E-state index contributed by atoms with van der Waals surface area (Å²) in [6.45, 7) is 0.537. The van der Waals surface area contributed by atoms with Crippen LogP contribution in [0.3, 0.4) is 0 Å². The summed E-state index contributed by atoms with van der Waals surface area (Å²) in [7, 11) is 0. The summed E-state index contributed by atoms with van der Waals surface area (Å²) >= 11 is 0. The molecule has 1 aromatic rings. The first-order valence-electron chi connectivity index (χ1n) is 6.08. The fourth-order valence-corrected chi connectivity index (χ4v) is 1.45. The van der Waals surface area contributed by atoms with Gasteiger partial charge in [0.2, 0.25) is 5.91 Å². The topological polar surface area (TPSA) is 64.4 Å². The Morgan fingerprint density at radius 1 is 1.50 bits per heavy atom. The lowest BCUT2D eigenvalue weighted by molar-refractivity contribution is -0.124. The summed E-state index contributed by atoms with van der Waals surface area (Å²) in [5.41, 5.74) is 4.93. The van der Waals surface area contributed by atoms with Crippen LogP contribution in [0.25, 0.3) is 0 Å². The van der Waals surface area contributed by atoms with Crippen LogP contribution in [-0.4, -0.2) is 19.1 Å². The van der Waals surface area contributed by atoms with Crippen molar-refractivity contribution in [3.05, 3.63) is 24.0 Å². The van der Waals surface area contributed by atoms with Gasteiger partial charge in [-0.25, -0.2) is 4.39 Å². The van der Waals surface area contributed by atoms with Gasteiger partial charge in [0.15, 0.2) is 11.6 Å². The SMILES string of the molecule is CCC(C)(CN)C(=O)Nc1ccc(OC(F)F)c(F)c1. The molecule has 0 aliphatic rings. The molecule has 0 aliphatic heterocycles. The van der Waals surface area contributed by atoms with Crippen molar-refractivity contribution < 1.29 is 22.7 Å². The predicted molar refractivity (Wildman–Crippen MR) is 69.1 cm³/mol. The molecule has 3 N–H and O–H groups in total. The maximum absolute atomic E-state index is 13.5. The Morgan fingerprint density at radius 3 is 2.60 bits per heavy atom. The molecule has 0 fully saturated rings. The summed E-state index contributed by atoms with van der Waals surface area (Å²) in [6, 6.07) is 3.23. The Bertz CT molecular complexity index is 477. The Morgan fingerprint density at radius 2 is 2.15 bits per heavy atom. The van der Waals surface area contributed by atoms with Gasteiger partial charge >= 0.3 is 6.61 Å². The predicted octanol–water partition coefficient (Wildman–Crippen LogP) is 2.74. The molecule has 0 aliphatic carbocycles. The molecule has 0 heterocycles. The fourth-order valence-electron chi connectivity index (χ4n) is 1.45. The standard InChI is InChI=1S/C13H17F3N2O2/c1-3-13(2,7-17)11(19)18-8-4-5-10(9(14)6-8)20-12(15)16/h4-6,12H,3,7,17H2,1-2H3,(H,18,19). The van der Waals surface area contributed by atoms with Gasteiger partial charge in [-0.15, -0.1) is 0 Å². The first-order chi connectivity index (χ1) is 9.32. The fraction of sp³-hybridized carbons (Fsp3) is 0.462. The largest absolute Gasteiger partial charge is 0.432 e. The van der Waals surface area contributed by atoms with Crippen molar-refractivity contribution in [1.29, 1.82) is 0 Å². The minimum Gasteiger partial charge on any atom is -0.432 e. The van der Waals surface area contributed by atoms with Crippen molar-refractivity contribution in [2.75, 3.05) is 11.9 Å². The minimum atomic E-state index is -3.11. The number of carbonyl (C=O) groups excluding carboxylic acids is 1. The van der Waals surface area contributed by atoms with Crippen LogP contribution in [0.15, 0.2) is 18.2 Å². The molecule has 0 saturated carbocycles. The Labute approximate surface area is 115 Å². The summed E-state index contributed by atoms with van der Waals surface area (Å²) in [4.78, 5) is 12.0. The average molecular weight is 290 g/mol. The lowest BCUT2D eigenvalue weighted by Crippen LogP contribution is -2.39. The number of hydrogen-bond donors (Lipinski definition) is 2. The zero-order valence-electron chi connectivity index (χ0n) is 11.3. The molecule has 0 saturated heterocycles. The van der Waals surface area contributed by atoms with E-state index in [9.17, 15) is 18.0 Å². The number of nitrogens with one attached hydrogen (secondary N) is 1. The number of amides is 1. The molecule has 0 radical (unpaired) electrons. The van der Waals surface area contributed by atoms with E-state index in [1.807, 2.05) is 6.92 Å². The van der Waals surface area contributed by atoms with Crippen molar-refractivity contribution >= 4 is 11.6 Å². The molecule has 4 nitrogen and oxygen atoms in total. The number of benzene rings is 1. The van der Waals surface area contributed by atoms with Crippen molar-refractivity contribution in [1.82, 2.24) is 0 Å². The summed E-state index contributed by atoms with van der Waals surface area (Å²) in [5.74, 6) is -1.91. The molecule has 0 aromatic heterocycles. The first-order valence-corrected chi connectivity index (χ1v) is 6.08. The minimum absolute atomic E-state index is 0.143. The number of hydrogen-bond acceptors (Lipinski definition) is 3. The molecule has 20 heavy (non-hydrogen) atoms. The van der Waals surface area contributed by atoms with Crippen LogP contribution in [0.2, 0.25) is 0 Å². The summed E-state index contributed by atoms with van der Waals surface area (Å²) < 4.78 is 41.4. The number of carbonyl (C=O) groups is 1. The number of ether oxygens (including phenoxy) is 1. The lowest BCUT2D eigenvalue weighted by Gasteiger charge is -2.25. The molecule has 112 valence electrons. The molecule has 1 amide bonds. The van der Waals surface area contributed by atoms with Gasteiger partial charge < -0.3 is 15.8 Å². The van der Waals surface area contributed by atoms with Gasteiger partial charge in [0.25, 0.3) is 0 Å². The normalized spacial score (nSPS) is 13.9. The second kappa shape index (κ2) is 6.60. The zero-order valence-corrected chi connectivity index (χ0v) is 11.3. The third-order valence-corrected chi connectivity index (χ3v) is 3.18. The Hall–Kier alpha value is -1.76. The van der Waals surface area contributed by atoms with E-state index >= 15 is 0 Å². The monoisotopic (exact) mass is 290 g/mol. The van der Waals surface area contributed by atoms with E-state index in [1.54, 1.807) is 6.92 Å². The average Bonchev–Trinajstić information content (AvgIpc) is 2.40. The highest BCUT2D eigenvalue weighted by Gasteiger charge is 2.29. The Balaban J connectivity index is 2.84. The smallest absolute Gasteiger partial charge is 0.387 e. The lowest BCUT2D eigenvalue weighted by atomic mass is 9.86. The number of alkyl halides is 2. The van der Waals surface area contributed by atoms with Crippen LogP contribution in [0.1, 0.15) is 20.3 Å². The Kier molecular flexibility index (Phi) is 5.38. The van der Waals surface area contributed by atoms with E-state index in [2.05, 4.69) is 10.1 Å². The van der Waals surface area contributed by atoms with Gasteiger partial charge in [-0.05, 0) is 25.5 Å². The van der Waals surface area contributed by atoms with Crippen LogP contribution in [-0.2, 0) is 4.79 Å². The van der Waals surface area contributed by atoms with Gasteiger partial charge in [-0.1, -0.05) is 6.92 Å². The van der Waals surface area contributed by atoms with Gasteiger partial charge in [0.1, 0.15) is 0 Å². The molecule has 7 heteroatoms. The molecule has 0 bridgehead atoms. The van der Waals surface area contributed by atoms with Crippen LogP contribution >= 0.6 is 0 Å². The molecular weight excluding hydrogens is 273 g/mol. The second-order valence-electron chi connectivity index (χ2n) is 4.60. The number of anilines is 1. The zero-order chi connectivity index (χ0) is 15.3. The van der Waals surface area contributed by atoms with Gasteiger partial charge in [0, 0.05) is 18.3 Å². The highest BCUT2D eigenvalue weighted by Crippen LogP contribution is 2.25. The number of nitrogens with two attached hydrogens (primary N) is 1. The molecule has 1 rings (SSSR count). The summed E-state index contributed by atoms with van der Waals surface area (Å²) in [6.07, 6.45) is 0.518. The van der Waals surface area contributed by atoms with E-state index in [-0.39, 0.29) is 18.1 Å². The van der Waals surface area contributed by atoms with E-state index < -0.39 is 23.6 Å². The molecule has 1 unspecified atom stereocenters. The highest BCUT2D eigenvalue weighted by atomic mass is 19.3. The van der Waals surface area contributed by atoms with E-state index in [1.165, 1.54) is 6.07 Å². The van der Waals surface area contributed by atoms with Crippen LogP contribution in [0.4, 0.5) is 18.9 Å². The van der Waals surface area contributed by atoms with E-state index in [4.69, 9.17) is 5.73 Å². The summed E-state index contributed by atoms with van der Waals surface area (Å²) in [5, 5.41) is 2.50. The van der Waals surface area contributed by atoms with Crippen molar-refractivity contribution in [2.45, 2.75) is 26.9 Å². The van der Waals surface area contributed by atoms with Gasteiger partial charge in [0.05, 0.1) is 5.41 Å². The maximum Gasteiger partial charge on any atom is 0.387 e. The third kappa shape index (κ3) is 3.86. The van der Waals surface area contributed by atoms with Crippen LogP contribution in [0, 0.1) is 11.2 Å². The second-order valence-corrected chi connectivity index (χ2v) is 4.60. The molecule has 1 atom stereocenters. The van der Waals surface area contributed by atoms with Gasteiger partial charge in [-0.3, -0.25) is 4.79 Å². The van der Waals surface area contributed by atoms with E-state index in [0.29, 0.717) is 6.42 Å². The van der Waals surface area contributed by atoms with Crippen molar-refractivity contribution in [3.63, 3.8) is 0 Å². The number of halogens is 3. The van der Waals surface area contributed by atoms with Gasteiger partial charge in [-0.2, -0.15) is 8.78 Å². The van der Waals surface area contributed by atoms with E-state index in [0.717, 1.165) is 12.1 Å². The van der Waals surface area contributed by atoms with Crippen molar-refractivity contribution in [2.24, 2.45) is 11.1 Å². The molecular formula is C13H17F3N2O2. The van der Waals surface area contributed by atoms with Crippen LogP contribution < -0.4 is 15.8 Å².